The highest BCUT2D eigenvalue weighted by molar-refractivity contribution is 9.10. The van der Waals surface area contributed by atoms with E-state index in [1.807, 2.05) is 29.8 Å². The van der Waals surface area contributed by atoms with Gasteiger partial charge in [0, 0.05) is 22.8 Å². The molecule has 0 spiro atoms. The average Bonchev–Trinajstić information content (AvgIpc) is 2.67. The molecule has 1 amide bonds. The molecule has 1 N–H and O–H groups in total. The highest BCUT2D eigenvalue weighted by Gasteiger charge is 2.24. The van der Waals surface area contributed by atoms with E-state index >= 15 is 0 Å². The predicted molar refractivity (Wildman–Crippen MR) is 76.8 cm³/mol. The molecule has 0 atom stereocenters. The summed E-state index contributed by atoms with van der Waals surface area (Å²) in [7, 11) is 0. The van der Waals surface area contributed by atoms with E-state index in [1.165, 1.54) is 6.42 Å². The van der Waals surface area contributed by atoms with Crippen LogP contribution in [0.1, 0.15) is 30.5 Å². The minimum atomic E-state index is 0.168. The first-order chi connectivity index (χ1) is 9.13. The Morgan fingerprint density at radius 2 is 2.32 bits per heavy atom. The molecule has 1 aliphatic carbocycles. The average molecular weight is 322 g/mol. The molecule has 3 rings (SSSR count). The van der Waals surface area contributed by atoms with Gasteiger partial charge in [-0.3, -0.25) is 4.79 Å². The van der Waals surface area contributed by atoms with Gasteiger partial charge in [-0.15, -0.1) is 0 Å². The van der Waals surface area contributed by atoms with Crippen LogP contribution in [0.3, 0.4) is 0 Å². The number of pyridine rings is 1. The van der Waals surface area contributed by atoms with E-state index < -0.39 is 0 Å². The molecule has 0 unspecified atom stereocenters. The molecule has 2 aromatic rings. The summed E-state index contributed by atoms with van der Waals surface area (Å²) in [5.41, 5.74) is 2.95. The van der Waals surface area contributed by atoms with Crippen molar-refractivity contribution in [3.05, 3.63) is 34.2 Å². The molecule has 0 saturated heterocycles. The summed E-state index contributed by atoms with van der Waals surface area (Å²) in [4.78, 5) is 16.3. The second kappa shape index (κ2) is 4.96. The number of hydrogen-bond acceptors (Lipinski definition) is 2. The van der Waals surface area contributed by atoms with Gasteiger partial charge < -0.3 is 9.72 Å². The Bertz CT molecular complexity index is 631. The minimum Gasteiger partial charge on any atom is -0.350 e. The van der Waals surface area contributed by atoms with Crippen LogP contribution in [0, 0.1) is 12.8 Å². The van der Waals surface area contributed by atoms with E-state index in [2.05, 4.69) is 26.2 Å². The van der Waals surface area contributed by atoms with Crippen LogP contribution in [-0.4, -0.2) is 15.3 Å². The summed E-state index contributed by atoms with van der Waals surface area (Å²) >= 11 is 3.47. The summed E-state index contributed by atoms with van der Waals surface area (Å²) < 4.78 is 3.02. The van der Waals surface area contributed by atoms with E-state index in [1.54, 1.807) is 0 Å². The lowest BCUT2D eigenvalue weighted by Crippen LogP contribution is -2.34. The first-order valence-electron chi connectivity index (χ1n) is 6.55. The van der Waals surface area contributed by atoms with Crippen molar-refractivity contribution in [3.8, 4) is 0 Å². The SMILES string of the molecule is Cc1cc(Br)cn2cc(CNC(=O)C3CCC3)nc12. The van der Waals surface area contributed by atoms with Crippen molar-refractivity contribution in [1.29, 1.82) is 0 Å². The number of carbonyl (C=O) groups excluding carboxylic acids is 1. The van der Waals surface area contributed by atoms with Crippen molar-refractivity contribution in [3.63, 3.8) is 0 Å². The molecule has 0 bridgehead atoms. The van der Waals surface area contributed by atoms with Crippen LogP contribution in [0.25, 0.3) is 5.65 Å². The summed E-state index contributed by atoms with van der Waals surface area (Å²) in [5, 5.41) is 2.97. The Morgan fingerprint density at radius 1 is 1.53 bits per heavy atom. The second-order valence-electron chi connectivity index (χ2n) is 5.15. The quantitative estimate of drug-likeness (QED) is 0.944. The Balaban J connectivity index is 1.74. The topological polar surface area (TPSA) is 46.4 Å². The van der Waals surface area contributed by atoms with E-state index in [9.17, 15) is 4.79 Å². The number of nitrogens with zero attached hydrogens (tertiary/aromatic N) is 2. The summed E-state index contributed by atoms with van der Waals surface area (Å²) in [6, 6.07) is 2.04. The Kier molecular flexibility index (Phi) is 3.31. The highest BCUT2D eigenvalue weighted by Crippen LogP contribution is 2.26. The van der Waals surface area contributed by atoms with E-state index in [0.717, 1.165) is 34.2 Å². The minimum absolute atomic E-state index is 0.168. The van der Waals surface area contributed by atoms with Crippen molar-refractivity contribution in [1.82, 2.24) is 14.7 Å². The molecule has 1 aliphatic rings. The fraction of sp³-hybridized carbons (Fsp3) is 0.429. The molecular formula is C14H16BrN3O. The lowest BCUT2D eigenvalue weighted by Gasteiger charge is -2.23. The number of amides is 1. The molecular weight excluding hydrogens is 306 g/mol. The normalized spacial score (nSPS) is 15.5. The predicted octanol–water partition coefficient (Wildman–Crippen LogP) is 2.82. The van der Waals surface area contributed by atoms with Crippen molar-refractivity contribution < 1.29 is 4.79 Å². The molecule has 0 aliphatic heterocycles. The van der Waals surface area contributed by atoms with Crippen LogP contribution in [0.5, 0.6) is 0 Å². The van der Waals surface area contributed by atoms with Gasteiger partial charge in [-0.05, 0) is 47.3 Å². The van der Waals surface area contributed by atoms with Gasteiger partial charge in [0.15, 0.2) is 0 Å². The summed E-state index contributed by atoms with van der Waals surface area (Å²) in [5.74, 6) is 0.397. The first-order valence-corrected chi connectivity index (χ1v) is 7.34. The molecule has 19 heavy (non-hydrogen) atoms. The van der Waals surface area contributed by atoms with Crippen LogP contribution < -0.4 is 5.32 Å². The first kappa shape index (κ1) is 12.7. The van der Waals surface area contributed by atoms with E-state index in [0.29, 0.717) is 6.54 Å². The molecule has 5 heteroatoms. The number of carbonyl (C=O) groups is 1. The van der Waals surface area contributed by atoms with Crippen molar-refractivity contribution in [2.24, 2.45) is 5.92 Å². The van der Waals surface area contributed by atoms with Crippen molar-refractivity contribution >= 4 is 27.5 Å². The maximum atomic E-state index is 11.8. The third kappa shape index (κ3) is 2.52. The third-order valence-electron chi connectivity index (χ3n) is 3.67. The van der Waals surface area contributed by atoms with E-state index in [4.69, 9.17) is 0 Å². The molecule has 4 nitrogen and oxygen atoms in total. The zero-order valence-electron chi connectivity index (χ0n) is 10.8. The molecule has 0 radical (unpaired) electrons. The van der Waals surface area contributed by atoms with Crippen molar-refractivity contribution in [2.75, 3.05) is 0 Å². The van der Waals surface area contributed by atoms with Crippen LogP contribution >= 0.6 is 15.9 Å². The number of rotatable bonds is 3. The number of hydrogen-bond donors (Lipinski definition) is 1. The van der Waals surface area contributed by atoms with Crippen LogP contribution in [0.4, 0.5) is 0 Å². The second-order valence-corrected chi connectivity index (χ2v) is 6.07. The zero-order valence-corrected chi connectivity index (χ0v) is 12.4. The van der Waals surface area contributed by atoms with Gasteiger partial charge in [0.05, 0.1) is 12.2 Å². The molecule has 1 saturated carbocycles. The number of fused-ring (bicyclic) bond motifs is 1. The fourth-order valence-corrected chi connectivity index (χ4v) is 2.92. The summed E-state index contributed by atoms with van der Waals surface area (Å²) in [6.07, 6.45) is 7.19. The third-order valence-corrected chi connectivity index (χ3v) is 4.11. The van der Waals surface area contributed by atoms with Crippen LogP contribution in [0.15, 0.2) is 22.9 Å². The van der Waals surface area contributed by atoms with E-state index in [-0.39, 0.29) is 11.8 Å². The summed E-state index contributed by atoms with van der Waals surface area (Å²) in [6.45, 7) is 2.54. The Hall–Kier alpha value is -1.36. The lowest BCUT2D eigenvalue weighted by atomic mass is 9.85. The van der Waals surface area contributed by atoms with Crippen LogP contribution in [-0.2, 0) is 11.3 Å². The number of aromatic nitrogens is 2. The smallest absolute Gasteiger partial charge is 0.223 e. The zero-order chi connectivity index (χ0) is 13.4. The standard InChI is InChI=1S/C14H16BrN3O/c1-9-5-11(15)7-18-8-12(17-13(9)18)6-16-14(19)10-3-2-4-10/h5,7-8,10H,2-4,6H2,1H3,(H,16,19). The highest BCUT2D eigenvalue weighted by atomic mass is 79.9. The molecule has 2 heterocycles. The maximum absolute atomic E-state index is 11.8. The van der Waals surface area contributed by atoms with Gasteiger partial charge >= 0.3 is 0 Å². The largest absolute Gasteiger partial charge is 0.350 e. The van der Waals surface area contributed by atoms with Gasteiger partial charge in [-0.1, -0.05) is 6.42 Å². The van der Waals surface area contributed by atoms with Gasteiger partial charge in [0.1, 0.15) is 5.65 Å². The monoisotopic (exact) mass is 321 g/mol. The lowest BCUT2D eigenvalue weighted by molar-refractivity contribution is -0.127. The van der Waals surface area contributed by atoms with Gasteiger partial charge in [0.25, 0.3) is 0 Å². The molecule has 100 valence electrons. The number of aryl methyl sites for hydroxylation is 1. The van der Waals surface area contributed by atoms with Crippen LogP contribution in [0.2, 0.25) is 0 Å². The molecule has 2 aromatic heterocycles. The van der Waals surface area contributed by atoms with Gasteiger partial charge in [0.2, 0.25) is 5.91 Å². The number of imidazole rings is 1. The Labute approximate surface area is 120 Å². The number of nitrogens with one attached hydrogen (secondary N) is 1. The maximum Gasteiger partial charge on any atom is 0.223 e. The molecule has 1 fully saturated rings. The number of halogens is 1. The fourth-order valence-electron chi connectivity index (χ4n) is 2.35. The molecule has 0 aromatic carbocycles. The van der Waals surface area contributed by atoms with Gasteiger partial charge in [-0.2, -0.15) is 0 Å². The van der Waals surface area contributed by atoms with Gasteiger partial charge in [-0.25, -0.2) is 4.98 Å². The van der Waals surface area contributed by atoms with Crippen molar-refractivity contribution in [2.45, 2.75) is 32.7 Å². The Morgan fingerprint density at radius 3 is 3.00 bits per heavy atom.